The third-order valence-electron chi connectivity index (χ3n) is 1.81. The maximum atomic E-state index is 4.15. The van der Waals surface area contributed by atoms with Gasteiger partial charge in [0, 0.05) is 21.5 Å². The minimum Gasteiger partial charge on any atom is -0.263 e. The number of hydrogen-bond acceptors (Lipinski definition) is 1. The van der Waals surface area contributed by atoms with E-state index >= 15 is 0 Å². The molecule has 2 rings (SSSR count). The number of rotatable bonds is 1. The first kappa shape index (κ1) is 8.69. The maximum absolute atomic E-state index is 4.15. The van der Waals surface area contributed by atoms with Crippen LogP contribution in [0.4, 0.5) is 0 Å². The summed E-state index contributed by atoms with van der Waals surface area (Å²) >= 11 is 2.27. The normalized spacial score (nSPS) is 9.92. The molecule has 1 aromatic heterocycles. The van der Waals surface area contributed by atoms with Crippen LogP contribution in [0.3, 0.4) is 0 Å². The first-order valence-electron chi connectivity index (χ1n) is 4.02. The van der Waals surface area contributed by atoms with Gasteiger partial charge < -0.3 is 0 Å². The third-order valence-corrected chi connectivity index (χ3v) is 2.40. The van der Waals surface area contributed by atoms with E-state index in [4.69, 9.17) is 0 Å². The van der Waals surface area contributed by atoms with Gasteiger partial charge in [-0.2, -0.15) is 0 Å². The SMILES string of the molecule is Ic1cncc(-c2ccccc2)c1. The van der Waals surface area contributed by atoms with Crippen LogP contribution in [0.1, 0.15) is 0 Å². The Hall–Kier alpha value is -0.900. The van der Waals surface area contributed by atoms with Crippen molar-refractivity contribution in [2.45, 2.75) is 0 Å². The van der Waals surface area contributed by atoms with Crippen molar-refractivity contribution >= 4 is 22.6 Å². The van der Waals surface area contributed by atoms with Crippen LogP contribution in [0.25, 0.3) is 11.1 Å². The summed E-state index contributed by atoms with van der Waals surface area (Å²) in [7, 11) is 0. The van der Waals surface area contributed by atoms with E-state index in [9.17, 15) is 0 Å². The predicted molar refractivity (Wildman–Crippen MR) is 62.4 cm³/mol. The fraction of sp³-hybridized carbons (Fsp3) is 0. The van der Waals surface area contributed by atoms with E-state index in [2.05, 4.69) is 45.8 Å². The molecule has 0 saturated heterocycles. The molecule has 0 saturated carbocycles. The number of benzene rings is 1. The Morgan fingerprint density at radius 2 is 1.69 bits per heavy atom. The highest BCUT2D eigenvalue weighted by atomic mass is 127. The summed E-state index contributed by atoms with van der Waals surface area (Å²) in [4.78, 5) is 4.15. The van der Waals surface area contributed by atoms with E-state index in [-0.39, 0.29) is 0 Å². The molecule has 0 aliphatic heterocycles. The lowest BCUT2D eigenvalue weighted by atomic mass is 10.1. The molecule has 0 amide bonds. The van der Waals surface area contributed by atoms with Gasteiger partial charge in [-0.1, -0.05) is 30.3 Å². The highest BCUT2D eigenvalue weighted by Crippen LogP contribution is 2.19. The lowest BCUT2D eigenvalue weighted by Gasteiger charge is -1.99. The maximum Gasteiger partial charge on any atom is 0.0401 e. The molecule has 0 atom stereocenters. The Balaban J connectivity index is 2.48. The van der Waals surface area contributed by atoms with Crippen LogP contribution in [0.2, 0.25) is 0 Å². The zero-order valence-electron chi connectivity index (χ0n) is 6.94. The van der Waals surface area contributed by atoms with Crippen molar-refractivity contribution in [1.29, 1.82) is 0 Å². The Bertz CT molecular complexity index is 398. The van der Waals surface area contributed by atoms with Crippen LogP contribution in [-0.4, -0.2) is 4.98 Å². The van der Waals surface area contributed by atoms with Crippen LogP contribution in [0.15, 0.2) is 48.8 Å². The molecule has 13 heavy (non-hydrogen) atoms. The summed E-state index contributed by atoms with van der Waals surface area (Å²) in [5.41, 5.74) is 2.39. The van der Waals surface area contributed by atoms with E-state index in [1.807, 2.05) is 30.6 Å². The summed E-state index contributed by atoms with van der Waals surface area (Å²) in [6, 6.07) is 12.4. The van der Waals surface area contributed by atoms with Gasteiger partial charge in [0.15, 0.2) is 0 Å². The molecule has 2 aromatic rings. The molecule has 1 heterocycles. The number of hydrogen-bond donors (Lipinski definition) is 0. The largest absolute Gasteiger partial charge is 0.263 e. The molecule has 1 nitrogen and oxygen atoms in total. The van der Waals surface area contributed by atoms with E-state index in [0.717, 1.165) is 0 Å². The molecule has 0 bridgehead atoms. The average molecular weight is 281 g/mol. The van der Waals surface area contributed by atoms with Crippen LogP contribution in [0.5, 0.6) is 0 Å². The molecule has 1 aromatic carbocycles. The molecule has 0 N–H and O–H groups in total. The average Bonchev–Trinajstić information content (AvgIpc) is 2.19. The summed E-state index contributed by atoms with van der Waals surface area (Å²) in [5, 5.41) is 0. The molecular weight excluding hydrogens is 273 g/mol. The third kappa shape index (κ3) is 2.06. The fourth-order valence-corrected chi connectivity index (χ4v) is 1.70. The van der Waals surface area contributed by atoms with Crippen LogP contribution >= 0.6 is 22.6 Å². The number of nitrogens with zero attached hydrogens (tertiary/aromatic N) is 1. The molecule has 2 heteroatoms. The molecule has 0 aliphatic carbocycles. The Kier molecular flexibility index (Phi) is 2.59. The highest BCUT2D eigenvalue weighted by molar-refractivity contribution is 14.1. The second-order valence-corrected chi connectivity index (χ2v) is 4.00. The van der Waals surface area contributed by atoms with Gasteiger partial charge in [-0.25, -0.2) is 0 Å². The van der Waals surface area contributed by atoms with Crippen molar-refractivity contribution < 1.29 is 0 Å². The second-order valence-electron chi connectivity index (χ2n) is 2.76. The van der Waals surface area contributed by atoms with Gasteiger partial charge in [0.1, 0.15) is 0 Å². The van der Waals surface area contributed by atoms with E-state index in [1.54, 1.807) is 0 Å². The van der Waals surface area contributed by atoms with Crippen molar-refractivity contribution in [3.63, 3.8) is 0 Å². The first-order valence-corrected chi connectivity index (χ1v) is 5.10. The van der Waals surface area contributed by atoms with Gasteiger partial charge in [0.2, 0.25) is 0 Å². The zero-order chi connectivity index (χ0) is 9.10. The molecule has 0 unspecified atom stereocenters. The standard InChI is InChI=1S/C11H8IN/c12-11-6-10(7-13-8-11)9-4-2-1-3-5-9/h1-8H. The van der Waals surface area contributed by atoms with Gasteiger partial charge in [0.05, 0.1) is 0 Å². The minimum atomic E-state index is 1.17. The monoisotopic (exact) mass is 281 g/mol. The van der Waals surface area contributed by atoms with Crippen molar-refractivity contribution in [2.24, 2.45) is 0 Å². The molecule has 0 aliphatic rings. The van der Waals surface area contributed by atoms with Crippen LogP contribution in [-0.2, 0) is 0 Å². The smallest absolute Gasteiger partial charge is 0.0401 e. The topological polar surface area (TPSA) is 12.9 Å². The Morgan fingerprint density at radius 3 is 2.38 bits per heavy atom. The summed E-state index contributed by atoms with van der Waals surface area (Å²) in [6.07, 6.45) is 3.74. The molecule has 0 fully saturated rings. The van der Waals surface area contributed by atoms with Crippen LogP contribution < -0.4 is 0 Å². The minimum absolute atomic E-state index is 1.17. The van der Waals surface area contributed by atoms with Crippen LogP contribution in [0, 0.1) is 3.57 Å². The highest BCUT2D eigenvalue weighted by Gasteiger charge is 1.96. The molecule has 64 valence electrons. The van der Waals surface area contributed by atoms with Gasteiger partial charge >= 0.3 is 0 Å². The van der Waals surface area contributed by atoms with Gasteiger partial charge in [-0.05, 0) is 34.2 Å². The van der Waals surface area contributed by atoms with Crippen molar-refractivity contribution in [1.82, 2.24) is 4.98 Å². The number of pyridine rings is 1. The Morgan fingerprint density at radius 1 is 0.923 bits per heavy atom. The lowest BCUT2D eigenvalue weighted by molar-refractivity contribution is 1.31. The van der Waals surface area contributed by atoms with Gasteiger partial charge in [0.25, 0.3) is 0 Å². The molecule has 0 spiro atoms. The summed E-state index contributed by atoms with van der Waals surface area (Å²) in [5.74, 6) is 0. The summed E-state index contributed by atoms with van der Waals surface area (Å²) < 4.78 is 1.17. The molecular formula is C11H8IN. The quantitative estimate of drug-likeness (QED) is 0.730. The number of aromatic nitrogens is 1. The zero-order valence-corrected chi connectivity index (χ0v) is 9.10. The van der Waals surface area contributed by atoms with Crippen molar-refractivity contribution in [2.75, 3.05) is 0 Å². The van der Waals surface area contributed by atoms with E-state index in [0.29, 0.717) is 0 Å². The van der Waals surface area contributed by atoms with Crippen molar-refractivity contribution in [3.05, 3.63) is 52.4 Å². The predicted octanol–water partition coefficient (Wildman–Crippen LogP) is 3.35. The Labute approximate surface area is 91.0 Å². The molecule has 0 radical (unpaired) electrons. The van der Waals surface area contributed by atoms with E-state index < -0.39 is 0 Å². The lowest BCUT2D eigenvalue weighted by Crippen LogP contribution is -1.80. The van der Waals surface area contributed by atoms with E-state index in [1.165, 1.54) is 14.7 Å². The van der Waals surface area contributed by atoms with Gasteiger partial charge in [-0.15, -0.1) is 0 Å². The summed E-state index contributed by atoms with van der Waals surface area (Å²) in [6.45, 7) is 0. The first-order chi connectivity index (χ1) is 6.36. The van der Waals surface area contributed by atoms with Gasteiger partial charge in [-0.3, -0.25) is 4.98 Å². The second kappa shape index (κ2) is 3.87. The van der Waals surface area contributed by atoms with Crippen molar-refractivity contribution in [3.8, 4) is 11.1 Å². The fourth-order valence-electron chi connectivity index (χ4n) is 1.20. The number of halogens is 1.